The molecule has 1 aromatic heterocycles. The molecule has 0 bridgehead atoms. The summed E-state index contributed by atoms with van der Waals surface area (Å²) in [7, 11) is 0. The molecule has 2 rings (SSSR count). The number of rotatable bonds is 6. The van der Waals surface area contributed by atoms with E-state index in [4.69, 9.17) is 4.74 Å². The fourth-order valence-corrected chi connectivity index (χ4v) is 2.74. The molecule has 7 heteroatoms. The predicted octanol–water partition coefficient (Wildman–Crippen LogP) is 3.32. The van der Waals surface area contributed by atoms with Gasteiger partial charge in [0.25, 0.3) is 0 Å². The minimum absolute atomic E-state index is 0.0405. The summed E-state index contributed by atoms with van der Waals surface area (Å²) in [6.45, 7) is 3.79. The molecular formula is C16H19FN2O3S. The van der Waals surface area contributed by atoms with Crippen LogP contribution in [0.5, 0.6) is 5.75 Å². The van der Waals surface area contributed by atoms with E-state index in [0.29, 0.717) is 12.3 Å². The van der Waals surface area contributed by atoms with Crippen LogP contribution in [0.1, 0.15) is 18.7 Å². The van der Waals surface area contributed by atoms with Gasteiger partial charge in [-0.2, -0.15) is 0 Å². The van der Waals surface area contributed by atoms with E-state index in [1.807, 2.05) is 11.4 Å². The molecule has 0 fully saturated rings. The van der Waals surface area contributed by atoms with Crippen molar-refractivity contribution in [2.75, 3.05) is 18.5 Å². The number of amides is 2. The van der Waals surface area contributed by atoms with E-state index in [9.17, 15) is 14.3 Å². The molecular weight excluding hydrogens is 319 g/mol. The lowest BCUT2D eigenvalue weighted by Crippen LogP contribution is -2.40. The summed E-state index contributed by atoms with van der Waals surface area (Å²) in [5, 5.41) is 17.3. The highest BCUT2D eigenvalue weighted by molar-refractivity contribution is 7.10. The molecule has 0 saturated heterocycles. The van der Waals surface area contributed by atoms with Gasteiger partial charge in [0.15, 0.2) is 11.6 Å². The highest BCUT2D eigenvalue weighted by atomic mass is 32.1. The van der Waals surface area contributed by atoms with E-state index in [2.05, 4.69) is 10.6 Å². The third-order valence-corrected chi connectivity index (χ3v) is 4.26. The van der Waals surface area contributed by atoms with Crippen molar-refractivity contribution in [1.29, 1.82) is 0 Å². The number of carbonyl (C=O) groups excluding carboxylic acids is 1. The molecule has 1 heterocycles. The minimum Gasteiger partial charge on any atom is -0.491 e. The standard InChI is InChI=1S/C16H19FN2O3S/c1-3-22-13-7-6-11(9-12(13)17)19-15(20)18-10-16(2,21)14-5-4-8-23-14/h4-9,21H,3,10H2,1-2H3,(H2,18,19,20). The molecule has 2 aromatic rings. The largest absolute Gasteiger partial charge is 0.491 e. The first-order valence-electron chi connectivity index (χ1n) is 7.16. The second-order valence-corrected chi connectivity index (χ2v) is 6.08. The number of carbonyl (C=O) groups is 1. The van der Waals surface area contributed by atoms with Crippen LogP contribution in [-0.4, -0.2) is 24.3 Å². The Morgan fingerprint density at radius 2 is 2.22 bits per heavy atom. The van der Waals surface area contributed by atoms with Crippen LogP contribution in [0.2, 0.25) is 0 Å². The van der Waals surface area contributed by atoms with E-state index in [0.717, 1.165) is 4.88 Å². The van der Waals surface area contributed by atoms with Crippen molar-refractivity contribution in [2.45, 2.75) is 19.4 Å². The smallest absolute Gasteiger partial charge is 0.319 e. The molecule has 1 atom stereocenters. The van der Waals surface area contributed by atoms with Crippen LogP contribution in [0.25, 0.3) is 0 Å². The second-order valence-electron chi connectivity index (χ2n) is 5.14. The maximum atomic E-state index is 13.7. The highest BCUT2D eigenvalue weighted by Crippen LogP contribution is 2.24. The molecule has 1 aromatic carbocycles. The summed E-state index contributed by atoms with van der Waals surface area (Å²) in [5.74, 6) is -0.408. The number of aliphatic hydroxyl groups is 1. The average molecular weight is 338 g/mol. The Labute approximate surface area is 138 Å². The van der Waals surface area contributed by atoms with Crippen molar-refractivity contribution in [2.24, 2.45) is 0 Å². The Kier molecular flexibility index (Phi) is 5.57. The third-order valence-electron chi connectivity index (χ3n) is 3.13. The summed E-state index contributed by atoms with van der Waals surface area (Å²) in [6, 6.07) is 7.29. The molecule has 124 valence electrons. The number of hydrogen-bond donors (Lipinski definition) is 3. The number of nitrogens with one attached hydrogen (secondary N) is 2. The van der Waals surface area contributed by atoms with Gasteiger partial charge in [-0.3, -0.25) is 0 Å². The lowest BCUT2D eigenvalue weighted by Gasteiger charge is -2.22. The van der Waals surface area contributed by atoms with Crippen molar-refractivity contribution < 1.29 is 19.0 Å². The van der Waals surface area contributed by atoms with Gasteiger partial charge in [0.05, 0.1) is 13.2 Å². The summed E-state index contributed by atoms with van der Waals surface area (Å²) >= 11 is 1.41. The topological polar surface area (TPSA) is 70.6 Å². The lowest BCUT2D eigenvalue weighted by atomic mass is 10.1. The molecule has 0 aliphatic heterocycles. The van der Waals surface area contributed by atoms with Crippen LogP contribution in [0, 0.1) is 5.82 Å². The molecule has 5 nitrogen and oxygen atoms in total. The van der Waals surface area contributed by atoms with E-state index in [1.54, 1.807) is 26.0 Å². The zero-order valence-corrected chi connectivity index (χ0v) is 13.7. The number of halogens is 1. The SMILES string of the molecule is CCOc1ccc(NC(=O)NCC(C)(O)c2cccs2)cc1F. The van der Waals surface area contributed by atoms with Crippen LogP contribution in [0.4, 0.5) is 14.9 Å². The Bertz CT molecular complexity index is 659. The Hall–Kier alpha value is -2.12. The maximum absolute atomic E-state index is 13.7. The first-order chi connectivity index (χ1) is 10.9. The summed E-state index contributed by atoms with van der Waals surface area (Å²) < 4.78 is 18.8. The lowest BCUT2D eigenvalue weighted by molar-refractivity contribution is 0.0637. The van der Waals surface area contributed by atoms with E-state index in [1.165, 1.54) is 23.5 Å². The van der Waals surface area contributed by atoms with Crippen molar-refractivity contribution in [3.8, 4) is 5.75 Å². The van der Waals surface area contributed by atoms with Crippen LogP contribution >= 0.6 is 11.3 Å². The zero-order chi connectivity index (χ0) is 16.9. The average Bonchev–Trinajstić information content (AvgIpc) is 3.03. The monoisotopic (exact) mass is 338 g/mol. The summed E-state index contributed by atoms with van der Waals surface area (Å²) in [6.07, 6.45) is 0. The van der Waals surface area contributed by atoms with Gasteiger partial charge in [-0.05, 0) is 37.4 Å². The third kappa shape index (κ3) is 4.67. The van der Waals surface area contributed by atoms with Crippen molar-refractivity contribution in [1.82, 2.24) is 5.32 Å². The molecule has 1 unspecified atom stereocenters. The zero-order valence-electron chi connectivity index (χ0n) is 12.9. The van der Waals surface area contributed by atoms with E-state index in [-0.39, 0.29) is 12.3 Å². The number of urea groups is 1. The highest BCUT2D eigenvalue weighted by Gasteiger charge is 2.24. The fourth-order valence-electron chi connectivity index (χ4n) is 1.95. The number of anilines is 1. The van der Waals surface area contributed by atoms with Gasteiger partial charge in [-0.25, -0.2) is 9.18 Å². The summed E-state index contributed by atoms with van der Waals surface area (Å²) in [4.78, 5) is 12.6. The fraction of sp³-hybridized carbons (Fsp3) is 0.312. The second kappa shape index (κ2) is 7.43. The summed E-state index contributed by atoms with van der Waals surface area (Å²) in [5.41, 5.74) is -0.852. The maximum Gasteiger partial charge on any atom is 0.319 e. The van der Waals surface area contributed by atoms with Gasteiger partial charge in [0, 0.05) is 16.6 Å². The number of thiophene rings is 1. The van der Waals surface area contributed by atoms with E-state index >= 15 is 0 Å². The van der Waals surface area contributed by atoms with E-state index < -0.39 is 17.4 Å². The van der Waals surface area contributed by atoms with Gasteiger partial charge >= 0.3 is 6.03 Å². The number of benzene rings is 1. The first-order valence-corrected chi connectivity index (χ1v) is 8.04. The molecule has 0 spiro atoms. The molecule has 0 aliphatic rings. The van der Waals surface area contributed by atoms with Crippen molar-refractivity contribution >= 4 is 23.1 Å². The molecule has 0 radical (unpaired) electrons. The van der Waals surface area contributed by atoms with Gasteiger partial charge in [0.2, 0.25) is 0 Å². The van der Waals surface area contributed by atoms with Gasteiger partial charge < -0.3 is 20.5 Å². The normalized spacial score (nSPS) is 13.2. The molecule has 2 amide bonds. The van der Waals surface area contributed by atoms with Crippen LogP contribution in [0.3, 0.4) is 0 Å². The molecule has 0 aliphatic carbocycles. The van der Waals surface area contributed by atoms with Crippen LogP contribution in [0.15, 0.2) is 35.7 Å². The Morgan fingerprint density at radius 3 is 2.83 bits per heavy atom. The quantitative estimate of drug-likeness (QED) is 0.757. The minimum atomic E-state index is -1.16. The van der Waals surface area contributed by atoms with Gasteiger partial charge in [-0.1, -0.05) is 6.07 Å². The molecule has 0 saturated carbocycles. The number of ether oxygens (including phenoxy) is 1. The van der Waals surface area contributed by atoms with Gasteiger partial charge in [0.1, 0.15) is 5.60 Å². The Balaban J connectivity index is 1.91. The Morgan fingerprint density at radius 1 is 1.43 bits per heavy atom. The van der Waals surface area contributed by atoms with Crippen LogP contribution < -0.4 is 15.4 Å². The predicted molar refractivity (Wildman–Crippen MR) is 88.5 cm³/mol. The van der Waals surface area contributed by atoms with Crippen LogP contribution in [-0.2, 0) is 5.60 Å². The molecule has 3 N–H and O–H groups in total. The van der Waals surface area contributed by atoms with Gasteiger partial charge in [-0.15, -0.1) is 11.3 Å². The van der Waals surface area contributed by atoms with Crippen molar-refractivity contribution in [3.05, 3.63) is 46.4 Å². The van der Waals surface area contributed by atoms with Crippen molar-refractivity contribution in [3.63, 3.8) is 0 Å². The first kappa shape index (κ1) is 17.2. The number of hydrogen-bond acceptors (Lipinski definition) is 4. The molecule has 23 heavy (non-hydrogen) atoms.